The van der Waals surface area contributed by atoms with E-state index in [2.05, 4.69) is 5.32 Å². The van der Waals surface area contributed by atoms with Gasteiger partial charge in [0, 0.05) is 12.2 Å². The van der Waals surface area contributed by atoms with Crippen LogP contribution in [0.25, 0.3) is 0 Å². The summed E-state index contributed by atoms with van der Waals surface area (Å²) in [4.78, 5) is 11.6. The predicted octanol–water partition coefficient (Wildman–Crippen LogP) is 0.615. The van der Waals surface area contributed by atoms with E-state index in [-0.39, 0.29) is 12.3 Å². The Kier molecular flexibility index (Phi) is 4.86. The van der Waals surface area contributed by atoms with Crippen LogP contribution in [0.3, 0.4) is 0 Å². The van der Waals surface area contributed by atoms with Crippen molar-refractivity contribution in [1.82, 2.24) is 0 Å². The van der Waals surface area contributed by atoms with Crippen LogP contribution in [0, 0.1) is 13.8 Å². The fourth-order valence-corrected chi connectivity index (χ4v) is 2.67. The Morgan fingerprint density at radius 2 is 1.78 bits per heavy atom. The average molecular weight is 270 g/mol. The zero-order chi connectivity index (χ0) is 13.8. The Bertz CT molecular complexity index is 518. The number of rotatable bonds is 5. The van der Waals surface area contributed by atoms with Crippen molar-refractivity contribution in [3.8, 4) is 0 Å². The second-order valence-electron chi connectivity index (χ2n) is 4.31. The number of carbonyl (C=O) groups excluding carboxylic acids is 1. The quantitative estimate of drug-likeness (QED) is 0.820. The van der Waals surface area contributed by atoms with E-state index in [9.17, 15) is 13.2 Å². The van der Waals surface area contributed by atoms with Gasteiger partial charge in [0.05, 0.1) is 5.75 Å². The number of carbonyl (C=O) groups is 1. The van der Waals surface area contributed by atoms with Crippen LogP contribution in [0.1, 0.15) is 11.1 Å². The minimum Gasteiger partial charge on any atom is -0.329 e. The van der Waals surface area contributed by atoms with E-state index >= 15 is 0 Å². The summed E-state index contributed by atoms with van der Waals surface area (Å²) in [6.07, 6.45) is 0. The number of amides is 1. The summed E-state index contributed by atoms with van der Waals surface area (Å²) in [5, 5.41) is 2.58. The van der Waals surface area contributed by atoms with E-state index in [4.69, 9.17) is 5.73 Å². The fraction of sp³-hybridized carbons (Fsp3) is 0.417. The SMILES string of the molecule is Cc1cc(C)cc(NC(=O)CS(=O)(=O)CCN)c1. The van der Waals surface area contributed by atoms with Gasteiger partial charge in [-0.05, 0) is 37.1 Å². The number of nitrogens with two attached hydrogens (primary N) is 1. The molecule has 5 nitrogen and oxygen atoms in total. The topological polar surface area (TPSA) is 89.3 Å². The van der Waals surface area contributed by atoms with Crippen LogP contribution in [-0.2, 0) is 14.6 Å². The maximum atomic E-state index is 11.6. The van der Waals surface area contributed by atoms with Crippen LogP contribution in [-0.4, -0.2) is 32.4 Å². The molecule has 0 saturated carbocycles. The zero-order valence-corrected chi connectivity index (χ0v) is 11.4. The van der Waals surface area contributed by atoms with Crippen molar-refractivity contribution >= 4 is 21.4 Å². The first-order valence-electron chi connectivity index (χ1n) is 5.61. The van der Waals surface area contributed by atoms with Gasteiger partial charge in [-0.15, -0.1) is 0 Å². The lowest BCUT2D eigenvalue weighted by Gasteiger charge is -2.07. The van der Waals surface area contributed by atoms with Gasteiger partial charge in [0.2, 0.25) is 5.91 Å². The Morgan fingerprint density at radius 3 is 2.28 bits per heavy atom. The van der Waals surface area contributed by atoms with Crippen molar-refractivity contribution in [2.45, 2.75) is 13.8 Å². The first-order valence-corrected chi connectivity index (χ1v) is 7.43. The molecule has 18 heavy (non-hydrogen) atoms. The third kappa shape index (κ3) is 4.85. The number of sulfone groups is 1. The highest BCUT2D eigenvalue weighted by Crippen LogP contribution is 2.13. The summed E-state index contributed by atoms with van der Waals surface area (Å²) in [6.45, 7) is 3.85. The molecule has 1 amide bonds. The van der Waals surface area contributed by atoms with Gasteiger partial charge in [0.25, 0.3) is 0 Å². The van der Waals surface area contributed by atoms with Gasteiger partial charge in [-0.25, -0.2) is 8.42 Å². The summed E-state index contributed by atoms with van der Waals surface area (Å²) in [6, 6.07) is 5.56. The molecular weight excluding hydrogens is 252 g/mol. The van der Waals surface area contributed by atoms with Gasteiger partial charge in [0.1, 0.15) is 5.75 Å². The molecule has 0 saturated heterocycles. The van der Waals surface area contributed by atoms with E-state index < -0.39 is 21.5 Å². The van der Waals surface area contributed by atoms with Gasteiger partial charge in [-0.3, -0.25) is 4.79 Å². The molecule has 6 heteroatoms. The molecule has 0 aliphatic heterocycles. The van der Waals surface area contributed by atoms with E-state index in [1.54, 1.807) is 12.1 Å². The zero-order valence-electron chi connectivity index (χ0n) is 10.6. The summed E-state index contributed by atoms with van der Waals surface area (Å²) < 4.78 is 22.8. The minimum absolute atomic E-state index is 0.0270. The van der Waals surface area contributed by atoms with Gasteiger partial charge < -0.3 is 11.1 Å². The molecule has 0 fully saturated rings. The molecule has 1 rings (SSSR count). The van der Waals surface area contributed by atoms with Crippen molar-refractivity contribution in [3.63, 3.8) is 0 Å². The van der Waals surface area contributed by atoms with Gasteiger partial charge in [0.15, 0.2) is 9.84 Å². The molecule has 0 spiro atoms. The van der Waals surface area contributed by atoms with Crippen molar-refractivity contribution in [2.24, 2.45) is 5.73 Å². The van der Waals surface area contributed by atoms with E-state index in [0.717, 1.165) is 11.1 Å². The molecule has 0 unspecified atom stereocenters. The van der Waals surface area contributed by atoms with Gasteiger partial charge >= 0.3 is 0 Å². The molecule has 0 radical (unpaired) electrons. The highest BCUT2D eigenvalue weighted by molar-refractivity contribution is 7.92. The molecular formula is C12H18N2O3S. The number of anilines is 1. The number of hydrogen-bond acceptors (Lipinski definition) is 4. The lowest BCUT2D eigenvalue weighted by molar-refractivity contribution is -0.113. The van der Waals surface area contributed by atoms with Crippen molar-refractivity contribution in [3.05, 3.63) is 29.3 Å². The van der Waals surface area contributed by atoms with Crippen LogP contribution >= 0.6 is 0 Å². The number of nitrogens with one attached hydrogen (secondary N) is 1. The van der Waals surface area contributed by atoms with Crippen molar-refractivity contribution in [1.29, 1.82) is 0 Å². The largest absolute Gasteiger partial charge is 0.329 e. The summed E-state index contributed by atoms with van der Waals surface area (Å²) in [5.41, 5.74) is 7.80. The number of aryl methyl sites for hydroxylation is 2. The third-order valence-electron chi connectivity index (χ3n) is 2.29. The fourth-order valence-electron chi connectivity index (χ4n) is 1.70. The summed E-state index contributed by atoms with van der Waals surface area (Å²) in [7, 11) is -3.41. The second-order valence-corrected chi connectivity index (χ2v) is 6.49. The summed E-state index contributed by atoms with van der Waals surface area (Å²) >= 11 is 0. The van der Waals surface area contributed by atoms with Crippen LogP contribution in [0.4, 0.5) is 5.69 Å². The summed E-state index contributed by atoms with van der Waals surface area (Å²) in [5.74, 6) is -1.24. The monoisotopic (exact) mass is 270 g/mol. The highest BCUT2D eigenvalue weighted by Gasteiger charge is 2.15. The van der Waals surface area contributed by atoms with Crippen molar-refractivity contribution in [2.75, 3.05) is 23.4 Å². The molecule has 3 N–H and O–H groups in total. The lowest BCUT2D eigenvalue weighted by atomic mass is 10.1. The van der Waals surface area contributed by atoms with E-state index in [0.29, 0.717) is 5.69 Å². The predicted molar refractivity (Wildman–Crippen MR) is 72.3 cm³/mol. The Hall–Kier alpha value is -1.40. The maximum Gasteiger partial charge on any atom is 0.239 e. The average Bonchev–Trinajstić information content (AvgIpc) is 2.13. The maximum absolute atomic E-state index is 11.6. The standard InChI is InChI=1S/C12H18N2O3S/c1-9-5-10(2)7-11(6-9)14-12(15)8-18(16,17)4-3-13/h5-7H,3-4,8,13H2,1-2H3,(H,14,15). The molecule has 0 aliphatic rings. The minimum atomic E-state index is -3.41. The van der Waals surface area contributed by atoms with Gasteiger partial charge in [-0.1, -0.05) is 6.07 Å². The molecule has 1 aromatic carbocycles. The second kappa shape index (κ2) is 5.97. The van der Waals surface area contributed by atoms with Crippen molar-refractivity contribution < 1.29 is 13.2 Å². The van der Waals surface area contributed by atoms with Crippen LogP contribution in [0.5, 0.6) is 0 Å². The molecule has 0 bridgehead atoms. The Labute approximate surface area is 107 Å². The van der Waals surface area contributed by atoms with Crippen LogP contribution in [0.15, 0.2) is 18.2 Å². The third-order valence-corrected chi connectivity index (χ3v) is 3.85. The van der Waals surface area contributed by atoms with E-state index in [1.807, 2.05) is 19.9 Å². The normalized spacial score (nSPS) is 11.3. The number of hydrogen-bond donors (Lipinski definition) is 2. The first-order chi connectivity index (χ1) is 8.32. The Morgan fingerprint density at radius 1 is 1.22 bits per heavy atom. The molecule has 100 valence electrons. The molecule has 0 heterocycles. The van der Waals surface area contributed by atoms with E-state index in [1.165, 1.54) is 0 Å². The van der Waals surface area contributed by atoms with Gasteiger partial charge in [-0.2, -0.15) is 0 Å². The molecule has 0 aromatic heterocycles. The molecule has 0 atom stereocenters. The first kappa shape index (κ1) is 14.7. The van der Waals surface area contributed by atoms with Crippen LogP contribution < -0.4 is 11.1 Å². The number of benzene rings is 1. The molecule has 1 aromatic rings. The van der Waals surface area contributed by atoms with Crippen LogP contribution in [0.2, 0.25) is 0 Å². The smallest absolute Gasteiger partial charge is 0.239 e. The Balaban J connectivity index is 2.71. The highest BCUT2D eigenvalue weighted by atomic mass is 32.2. The lowest BCUT2D eigenvalue weighted by Crippen LogP contribution is -2.27. The molecule has 0 aliphatic carbocycles.